The molecule has 0 bridgehead atoms. The van der Waals surface area contributed by atoms with Crippen LogP contribution >= 0.6 is 11.8 Å². The molecule has 102 valence electrons. The summed E-state index contributed by atoms with van der Waals surface area (Å²) in [5.74, 6) is 3.65. The number of hydrogen-bond acceptors (Lipinski definition) is 5. The molecule has 0 N–H and O–H groups in total. The summed E-state index contributed by atoms with van der Waals surface area (Å²) < 4.78 is 11.4. The third-order valence-corrected chi connectivity index (χ3v) is 4.10. The van der Waals surface area contributed by atoms with E-state index in [0.29, 0.717) is 11.5 Å². The van der Waals surface area contributed by atoms with Gasteiger partial charge in [-0.3, -0.25) is 0 Å². The van der Waals surface area contributed by atoms with Gasteiger partial charge in [0.25, 0.3) is 0 Å². The standard InChI is InChI=1S/C14H17NO3S/c1-17-13-4-2-3-11(9-15-10-16)14(13)18-12-5-7-19-8-6-12/h2-4,12H,5-9H2,1H3. The molecule has 1 saturated heterocycles. The maximum Gasteiger partial charge on any atom is 0.235 e. The fourth-order valence-electron chi connectivity index (χ4n) is 2.06. The molecular weight excluding hydrogens is 262 g/mol. The second-order valence-corrected chi connectivity index (χ2v) is 5.51. The van der Waals surface area contributed by atoms with Crippen LogP contribution in [0.4, 0.5) is 0 Å². The lowest BCUT2D eigenvalue weighted by Gasteiger charge is -2.25. The second-order valence-electron chi connectivity index (χ2n) is 4.29. The molecule has 4 nitrogen and oxygen atoms in total. The van der Waals surface area contributed by atoms with Crippen molar-refractivity contribution >= 4 is 17.8 Å². The number of carbonyl (C=O) groups excluding carboxylic acids is 1. The summed E-state index contributed by atoms with van der Waals surface area (Å²) in [7, 11) is 1.62. The van der Waals surface area contributed by atoms with Gasteiger partial charge in [0.05, 0.1) is 13.7 Å². The molecule has 1 aliphatic heterocycles. The number of thioether (sulfide) groups is 1. The number of ether oxygens (including phenoxy) is 2. The Kier molecular flexibility index (Phi) is 5.31. The van der Waals surface area contributed by atoms with Gasteiger partial charge in [0.15, 0.2) is 11.5 Å². The largest absolute Gasteiger partial charge is 0.493 e. The zero-order valence-corrected chi connectivity index (χ0v) is 11.7. The van der Waals surface area contributed by atoms with Crippen LogP contribution in [0.25, 0.3) is 0 Å². The SMILES string of the molecule is COc1cccc(CN=C=O)c1OC1CCSCC1. The minimum absolute atomic E-state index is 0.219. The molecule has 0 atom stereocenters. The van der Waals surface area contributed by atoms with Gasteiger partial charge in [-0.05, 0) is 30.4 Å². The topological polar surface area (TPSA) is 47.9 Å². The first-order chi connectivity index (χ1) is 9.35. The average Bonchev–Trinajstić information content (AvgIpc) is 2.47. The molecule has 0 amide bonds. The Hall–Kier alpha value is -1.45. The van der Waals surface area contributed by atoms with E-state index in [1.807, 2.05) is 30.0 Å². The lowest BCUT2D eigenvalue weighted by Crippen LogP contribution is -2.22. The number of para-hydroxylation sites is 1. The van der Waals surface area contributed by atoms with Gasteiger partial charge >= 0.3 is 0 Å². The van der Waals surface area contributed by atoms with Gasteiger partial charge in [-0.1, -0.05) is 12.1 Å². The van der Waals surface area contributed by atoms with E-state index < -0.39 is 0 Å². The smallest absolute Gasteiger partial charge is 0.235 e. The molecular formula is C14H17NO3S. The van der Waals surface area contributed by atoms with Gasteiger partial charge in [0.1, 0.15) is 6.10 Å². The molecule has 1 aromatic carbocycles. The normalized spacial score (nSPS) is 15.6. The van der Waals surface area contributed by atoms with E-state index in [4.69, 9.17) is 9.47 Å². The molecule has 1 aromatic rings. The van der Waals surface area contributed by atoms with E-state index in [1.54, 1.807) is 13.2 Å². The van der Waals surface area contributed by atoms with E-state index in [-0.39, 0.29) is 12.6 Å². The van der Waals surface area contributed by atoms with E-state index in [0.717, 1.165) is 29.9 Å². The molecule has 0 unspecified atom stereocenters. The summed E-state index contributed by atoms with van der Waals surface area (Å²) in [6.07, 6.45) is 3.86. The van der Waals surface area contributed by atoms with Gasteiger partial charge in [0.2, 0.25) is 6.08 Å². The maximum atomic E-state index is 10.3. The van der Waals surface area contributed by atoms with Crippen molar-refractivity contribution in [2.45, 2.75) is 25.5 Å². The molecule has 1 aliphatic rings. The van der Waals surface area contributed by atoms with Crippen molar-refractivity contribution in [3.63, 3.8) is 0 Å². The Labute approximate surface area is 117 Å². The highest BCUT2D eigenvalue weighted by Crippen LogP contribution is 2.34. The molecule has 1 heterocycles. The molecule has 19 heavy (non-hydrogen) atoms. The highest BCUT2D eigenvalue weighted by atomic mass is 32.2. The van der Waals surface area contributed by atoms with E-state index >= 15 is 0 Å². The summed E-state index contributed by atoms with van der Waals surface area (Å²) in [6, 6.07) is 5.63. The van der Waals surface area contributed by atoms with Crippen LogP contribution in [0.3, 0.4) is 0 Å². The van der Waals surface area contributed by atoms with Gasteiger partial charge < -0.3 is 9.47 Å². The van der Waals surface area contributed by atoms with Crippen LogP contribution in [0.5, 0.6) is 11.5 Å². The van der Waals surface area contributed by atoms with Crippen molar-refractivity contribution in [2.75, 3.05) is 18.6 Å². The Morgan fingerprint density at radius 2 is 2.21 bits per heavy atom. The van der Waals surface area contributed by atoms with Gasteiger partial charge in [-0.2, -0.15) is 11.8 Å². The van der Waals surface area contributed by atoms with Gasteiger partial charge in [-0.15, -0.1) is 0 Å². The van der Waals surface area contributed by atoms with Crippen molar-refractivity contribution in [2.24, 2.45) is 4.99 Å². The van der Waals surface area contributed by atoms with Crippen LogP contribution in [0, 0.1) is 0 Å². The number of hydrogen-bond donors (Lipinski definition) is 0. The summed E-state index contributed by atoms with van der Waals surface area (Å²) in [5, 5.41) is 0. The minimum atomic E-state index is 0.219. The summed E-state index contributed by atoms with van der Waals surface area (Å²) in [6.45, 7) is 0.275. The van der Waals surface area contributed by atoms with Crippen LogP contribution < -0.4 is 9.47 Å². The number of aliphatic imine (C=N–C) groups is 1. The van der Waals surface area contributed by atoms with Crippen molar-refractivity contribution < 1.29 is 14.3 Å². The predicted octanol–water partition coefficient (Wildman–Crippen LogP) is 2.81. The van der Waals surface area contributed by atoms with E-state index in [2.05, 4.69) is 4.99 Å². The molecule has 0 aromatic heterocycles. The Balaban J connectivity index is 2.20. The van der Waals surface area contributed by atoms with Crippen LogP contribution in [0.15, 0.2) is 23.2 Å². The lowest BCUT2D eigenvalue weighted by atomic mass is 10.1. The Bertz CT molecular complexity index is 466. The zero-order chi connectivity index (χ0) is 13.5. The van der Waals surface area contributed by atoms with Crippen molar-refractivity contribution in [1.82, 2.24) is 0 Å². The number of benzene rings is 1. The number of rotatable bonds is 5. The van der Waals surface area contributed by atoms with Crippen LogP contribution in [0.1, 0.15) is 18.4 Å². The zero-order valence-electron chi connectivity index (χ0n) is 10.9. The molecule has 0 aliphatic carbocycles. The quantitative estimate of drug-likeness (QED) is 0.614. The number of isocyanates is 1. The Morgan fingerprint density at radius 3 is 2.89 bits per heavy atom. The fraction of sp³-hybridized carbons (Fsp3) is 0.500. The second kappa shape index (κ2) is 7.22. The first-order valence-corrected chi connectivity index (χ1v) is 7.44. The van der Waals surface area contributed by atoms with Crippen LogP contribution in [0.2, 0.25) is 0 Å². The molecule has 0 radical (unpaired) electrons. The monoisotopic (exact) mass is 279 g/mol. The van der Waals surface area contributed by atoms with Gasteiger partial charge in [-0.25, -0.2) is 9.79 Å². The first kappa shape index (κ1) is 14.0. The average molecular weight is 279 g/mol. The van der Waals surface area contributed by atoms with Gasteiger partial charge in [0, 0.05) is 5.56 Å². The number of nitrogens with zero attached hydrogens (tertiary/aromatic N) is 1. The van der Waals surface area contributed by atoms with E-state index in [1.165, 1.54) is 0 Å². The third kappa shape index (κ3) is 3.75. The minimum Gasteiger partial charge on any atom is -0.493 e. The predicted molar refractivity (Wildman–Crippen MR) is 75.8 cm³/mol. The summed E-state index contributed by atoms with van der Waals surface area (Å²) >= 11 is 1.96. The highest BCUT2D eigenvalue weighted by molar-refractivity contribution is 7.99. The third-order valence-electron chi connectivity index (χ3n) is 3.05. The maximum absolute atomic E-state index is 10.3. The van der Waals surface area contributed by atoms with Crippen molar-refractivity contribution in [3.05, 3.63) is 23.8 Å². The highest BCUT2D eigenvalue weighted by Gasteiger charge is 2.19. The van der Waals surface area contributed by atoms with Crippen molar-refractivity contribution in [3.8, 4) is 11.5 Å². The molecule has 2 rings (SSSR count). The first-order valence-electron chi connectivity index (χ1n) is 6.29. The molecule has 5 heteroatoms. The molecule has 0 saturated carbocycles. The molecule has 0 spiro atoms. The molecule has 1 fully saturated rings. The summed E-state index contributed by atoms with van der Waals surface area (Å²) in [5.41, 5.74) is 0.862. The van der Waals surface area contributed by atoms with Crippen molar-refractivity contribution in [1.29, 1.82) is 0 Å². The summed E-state index contributed by atoms with van der Waals surface area (Å²) in [4.78, 5) is 13.9. The van der Waals surface area contributed by atoms with Crippen LogP contribution in [-0.4, -0.2) is 30.8 Å². The van der Waals surface area contributed by atoms with E-state index in [9.17, 15) is 4.79 Å². The lowest BCUT2D eigenvalue weighted by molar-refractivity contribution is 0.182. The van der Waals surface area contributed by atoms with Crippen LogP contribution in [-0.2, 0) is 11.3 Å². The Morgan fingerprint density at radius 1 is 1.42 bits per heavy atom. The number of methoxy groups -OCH3 is 1. The fourth-order valence-corrected chi connectivity index (χ4v) is 3.12.